The topological polar surface area (TPSA) is 65.4 Å². The molecule has 2 aromatic carbocycles. The van der Waals surface area contributed by atoms with E-state index in [2.05, 4.69) is 24.1 Å². The van der Waals surface area contributed by atoms with Gasteiger partial charge >= 0.3 is 0 Å². The Labute approximate surface area is 162 Å². The number of hydrogen-bond acceptors (Lipinski definition) is 5. The minimum Gasteiger partial charge on any atom is -0.493 e. The van der Waals surface area contributed by atoms with Crippen LogP contribution in [0.15, 0.2) is 47.6 Å². The molecule has 0 saturated carbocycles. The first-order chi connectivity index (χ1) is 13.0. The van der Waals surface area contributed by atoms with Crippen LogP contribution in [0.3, 0.4) is 0 Å². The normalized spacial score (nSPS) is 11.0. The van der Waals surface area contributed by atoms with Gasteiger partial charge in [-0.15, -0.1) is 0 Å². The van der Waals surface area contributed by atoms with Crippen LogP contribution in [-0.2, 0) is 11.3 Å². The fraction of sp³-hybridized carbons (Fsp3) is 0.300. The molecule has 7 heteroatoms. The molecule has 0 unspecified atom stereocenters. The van der Waals surface area contributed by atoms with Gasteiger partial charge in [0.1, 0.15) is 6.54 Å². The molecule has 6 nitrogen and oxygen atoms in total. The first-order valence-electron chi connectivity index (χ1n) is 8.65. The van der Waals surface area contributed by atoms with Crippen molar-refractivity contribution in [2.45, 2.75) is 30.8 Å². The standard InChI is InChI=1S/C20H23N3O3S/c1-13(2)27-20-22-15-7-5-6-8-16(15)23(20)12-19(24)21-14-9-10-17(25-3)18(11-14)26-4/h5-11,13H,12H2,1-4H3,(H,21,24). The predicted molar refractivity (Wildman–Crippen MR) is 109 cm³/mol. The number of methoxy groups -OCH3 is 2. The Morgan fingerprint density at radius 2 is 1.89 bits per heavy atom. The number of ether oxygens (including phenoxy) is 2. The number of hydrogen-bond donors (Lipinski definition) is 1. The number of imidazole rings is 1. The molecule has 0 aliphatic heterocycles. The summed E-state index contributed by atoms with van der Waals surface area (Å²) in [5.74, 6) is 1.06. The summed E-state index contributed by atoms with van der Waals surface area (Å²) in [6.45, 7) is 4.40. The van der Waals surface area contributed by atoms with E-state index in [-0.39, 0.29) is 12.5 Å². The molecule has 1 aromatic heterocycles. The lowest BCUT2D eigenvalue weighted by molar-refractivity contribution is -0.116. The summed E-state index contributed by atoms with van der Waals surface area (Å²) >= 11 is 1.65. The number of benzene rings is 2. The second-order valence-electron chi connectivity index (χ2n) is 6.25. The minimum atomic E-state index is -0.129. The van der Waals surface area contributed by atoms with Crippen LogP contribution in [0.4, 0.5) is 5.69 Å². The van der Waals surface area contributed by atoms with Gasteiger partial charge in [-0.05, 0) is 24.3 Å². The van der Waals surface area contributed by atoms with Gasteiger partial charge in [0.25, 0.3) is 0 Å². The number of para-hydroxylation sites is 2. The summed E-state index contributed by atoms with van der Waals surface area (Å²) < 4.78 is 12.5. The van der Waals surface area contributed by atoms with Gasteiger partial charge in [0.05, 0.1) is 25.3 Å². The van der Waals surface area contributed by atoms with E-state index in [1.807, 2.05) is 28.8 Å². The largest absolute Gasteiger partial charge is 0.493 e. The Morgan fingerprint density at radius 1 is 1.15 bits per heavy atom. The average Bonchev–Trinajstić information content (AvgIpc) is 2.98. The number of aromatic nitrogens is 2. The van der Waals surface area contributed by atoms with Gasteiger partial charge in [-0.2, -0.15) is 0 Å². The van der Waals surface area contributed by atoms with E-state index in [1.54, 1.807) is 44.2 Å². The summed E-state index contributed by atoms with van der Waals surface area (Å²) in [7, 11) is 3.14. The summed E-state index contributed by atoms with van der Waals surface area (Å²) in [4.78, 5) is 17.3. The van der Waals surface area contributed by atoms with Crippen LogP contribution in [0.2, 0.25) is 0 Å². The van der Waals surface area contributed by atoms with Gasteiger partial charge in [-0.25, -0.2) is 4.98 Å². The SMILES string of the molecule is COc1ccc(NC(=O)Cn2c(SC(C)C)nc3ccccc32)cc1OC. The van der Waals surface area contributed by atoms with Gasteiger partial charge in [0, 0.05) is 17.0 Å². The van der Waals surface area contributed by atoms with Crippen molar-refractivity contribution in [1.82, 2.24) is 9.55 Å². The number of thioether (sulfide) groups is 1. The van der Waals surface area contributed by atoms with Crippen LogP contribution >= 0.6 is 11.8 Å². The van der Waals surface area contributed by atoms with Crippen LogP contribution in [0.25, 0.3) is 11.0 Å². The molecule has 0 aliphatic rings. The molecule has 3 rings (SSSR count). The molecule has 1 amide bonds. The highest BCUT2D eigenvalue weighted by molar-refractivity contribution is 7.99. The van der Waals surface area contributed by atoms with E-state index >= 15 is 0 Å². The molecule has 0 spiro atoms. The summed E-state index contributed by atoms with van der Waals surface area (Å²) in [5, 5.41) is 4.13. The third kappa shape index (κ3) is 4.36. The fourth-order valence-electron chi connectivity index (χ4n) is 2.77. The van der Waals surface area contributed by atoms with E-state index < -0.39 is 0 Å². The Hall–Kier alpha value is -2.67. The molecule has 142 valence electrons. The maximum atomic E-state index is 12.7. The Balaban J connectivity index is 1.83. The summed E-state index contributed by atoms with van der Waals surface area (Å²) in [5.41, 5.74) is 2.49. The highest BCUT2D eigenvalue weighted by Crippen LogP contribution is 2.30. The number of rotatable bonds is 7. The van der Waals surface area contributed by atoms with Crippen molar-refractivity contribution < 1.29 is 14.3 Å². The van der Waals surface area contributed by atoms with Crippen molar-refractivity contribution in [3.63, 3.8) is 0 Å². The van der Waals surface area contributed by atoms with Crippen molar-refractivity contribution in [3.8, 4) is 11.5 Å². The molecule has 27 heavy (non-hydrogen) atoms. The van der Waals surface area contributed by atoms with Crippen molar-refractivity contribution in [1.29, 1.82) is 0 Å². The molecule has 0 saturated heterocycles. The molecule has 3 aromatic rings. The molecule has 1 N–H and O–H groups in total. The van der Waals surface area contributed by atoms with Crippen molar-refractivity contribution in [2.75, 3.05) is 19.5 Å². The van der Waals surface area contributed by atoms with Gasteiger partial charge < -0.3 is 19.4 Å². The quantitative estimate of drug-likeness (QED) is 0.618. The molecular formula is C20H23N3O3S. The number of nitrogens with one attached hydrogen (secondary N) is 1. The highest BCUT2D eigenvalue weighted by Gasteiger charge is 2.16. The second-order valence-corrected chi connectivity index (χ2v) is 7.80. The number of fused-ring (bicyclic) bond motifs is 1. The van der Waals surface area contributed by atoms with Gasteiger partial charge in [-0.3, -0.25) is 4.79 Å². The second kappa shape index (κ2) is 8.35. The van der Waals surface area contributed by atoms with Gasteiger partial charge in [-0.1, -0.05) is 37.7 Å². The zero-order chi connectivity index (χ0) is 19.4. The maximum absolute atomic E-state index is 12.7. The monoisotopic (exact) mass is 385 g/mol. The van der Waals surface area contributed by atoms with Crippen molar-refractivity contribution in [2.24, 2.45) is 0 Å². The number of carbonyl (C=O) groups is 1. The van der Waals surface area contributed by atoms with Gasteiger partial charge in [0.15, 0.2) is 16.7 Å². The third-order valence-corrected chi connectivity index (χ3v) is 4.92. The first-order valence-corrected chi connectivity index (χ1v) is 9.53. The van der Waals surface area contributed by atoms with E-state index in [0.717, 1.165) is 16.2 Å². The molecule has 0 atom stereocenters. The minimum absolute atomic E-state index is 0.129. The maximum Gasteiger partial charge on any atom is 0.244 e. The summed E-state index contributed by atoms with van der Waals surface area (Å²) in [6, 6.07) is 13.1. The molecule has 0 fully saturated rings. The van der Waals surface area contributed by atoms with Crippen LogP contribution in [-0.4, -0.2) is 34.9 Å². The molecule has 1 heterocycles. The van der Waals surface area contributed by atoms with E-state index in [0.29, 0.717) is 22.4 Å². The third-order valence-electron chi connectivity index (χ3n) is 3.93. The highest BCUT2D eigenvalue weighted by atomic mass is 32.2. The number of carbonyl (C=O) groups excluding carboxylic acids is 1. The number of anilines is 1. The summed E-state index contributed by atoms with van der Waals surface area (Å²) in [6.07, 6.45) is 0. The van der Waals surface area contributed by atoms with E-state index in [1.165, 1.54) is 0 Å². The Bertz CT molecular complexity index is 953. The number of amides is 1. The van der Waals surface area contributed by atoms with Crippen molar-refractivity contribution in [3.05, 3.63) is 42.5 Å². The zero-order valence-electron chi connectivity index (χ0n) is 15.9. The van der Waals surface area contributed by atoms with E-state index in [9.17, 15) is 4.79 Å². The van der Waals surface area contributed by atoms with Gasteiger partial charge in [0.2, 0.25) is 5.91 Å². The predicted octanol–water partition coefficient (Wildman–Crippen LogP) is 4.19. The van der Waals surface area contributed by atoms with E-state index in [4.69, 9.17) is 9.47 Å². The molecular weight excluding hydrogens is 362 g/mol. The molecule has 0 aliphatic carbocycles. The lowest BCUT2D eigenvalue weighted by Crippen LogP contribution is -2.19. The Kier molecular flexibility index (Phi) is 5.91. The lowest BCUT2D eigenvalue weighted by Gasteiger charge is -2.12. The van der Waals surface area contributed by atoms with Crippen LogP contribution in [0, 0.1) is 0 Å². The molecule has 0 radical (unpaired) electrons. The fourth-order valence-corrected chi connectivity index (χ4v) is 3.63. The van der Waals surface area contributed by atoms with Crippen LogP contribution in [0.1, 0.15) is 13.8 Å². The van der Waals surface area contributed by atoms with Crippen molar-refractivity contribution >= 4 is 34.4 Å². The van der Waals surface area contributed by atoms with Crippen LogP contribution in [0.5, 0.6) is 11.5 Å². The average molecular weight is 385 g/mol. The Morgan fingerprint density at radius 3 is 2.59 bits per heavy atom. The zero-order valence-corrected chi connectivity index (χ0v) is 16.7. The number of nitrogens with zero attached hydrogens (tertiary/aromatic N) is 2. The molecule has 0 bridgehead atoms. The smallest absolute Gasteiger partial charge is 0.244 e. The lowest BCUT2D eigenvalue weighted by atomic mass is 10.2. The van der Waals surface area contributed by atoms with Crippen LogP contribution < -0.4 is 14.8 Å². The first kappa shape index (κ1) is 19.1.